The lowest BCUT2D eigenvalue weighted by atomic mass is 9.83. The number of benzene rings is 1. The SMILES string of the molecule is CC1CCC(CNS(=O)(=O)Cc2ccccc2N)CC1. The highest BCUT2D eigenvalue weighted by atomic mass is 32.2. The minimum atomic E-state index is -3.30. The van der Waals surface area contributed by atoms with Gasteiger partial charge in [0.1, 0.15) is 0 Å². The van der Waals surface area contributed by atoms with Crippen LogP contribution in [0.5, 0.6) is 0 Å². The van der Waals surface area contributed by atoms with Crippen LogP contribution in [0.3, 0.4) is 0 Å². The molecule has 0 atom stereocenters. The van der Waals surface area contributed by atoms with E-state index in [1.807, 2.05) is 12.1 Å². The molecule has 0 saturated heterocycles. The number of nitrogens with one attached hydrogen (secondary N) is 1. The molecule has 1 aromatic rings. The summed E-state index contributed by atoms with van der Waals surface area (Å²) >= 11 is 0. The van der Waals surface area contributed by atoms with E-state index >= 15 is 0 Å². The summed E-state index contributed by atoms with van der Waals surface area (Å²) in [5, 5.41) is 0. The lowest BCUT2D eigenvalue weighted by Crippen LogP contribution is -2.32. The first-order valence-electron chi connectivity index (χ1n) is 7.27. The second-order valence-corrected chi connectivity index (χ2v) is 7.74. The molecule has 20 heavy (non-hydrogen) atoms. The highest BCUT2D eigenvalue weighted by molar-refractivity contribution is 7.88. The van der Waals surface area contributed by atoms with Crippen LogP contribution in [0.1, 0.15) is 38.2 Å². The zero-order chi connectivity index (χ0) is 14.6. The molecule has 3 N–H and O–H groups in total. The number of nitrogens with two attached hydrogens (primary N) is 1. The van der Waals surface area contributed by atoms with Crippen molar-refractivity contribution >= 4 is 15.7 Å². The molecule has 1 aliphatic rings. The van der Waals surface area contributed by atoms with Crippen LogP contribution in [0.25, 0.3) is 0 Å². The van der Waals surface area contributed by atoms with E-state index in [0.717, 1.165) is 18.8 Å². The average Bonchev–Trinajstić information content (AvgIpc) is 2.41. The molecule has 0 spiro atoms. The van der Waals surface area contributed by atoms with Crippen molar-refractivity contribution in [3.63, 3.8) is 0 Å². The minimum Gasteiger partial charge on any atom is -0.398 e. The summed E-state index contributed by atoms with van der Waals surface area (Å²) in [6.07, 6.45) is 4.66. The maximum absolute atomic E-state index is 12.1. The van der Waals surface area contributed by atoms with E-state index in [2.05, 4.69) is 11.6 Å². The maximum atomic E-state index is 12.1. The molecule has 0 unspecified atom stereocenters. The Labute approximate surface area is 121 Å². The topological polar surface area (TPSA) is 72.2 Å². The lowest BCUT2D eigenvalue weighted by molar-refractivity contribution is 0.290. The van der Waals surface area contributed by atoms with Gasteiger partial charge >= 0.3 is 0 Å². The van der Waals surface area contributed by atoms with E-state index in [1.165, 1.54) is 12.8 Å². The summed E-state index contributed by atoms with van der Waals surface area (Å²) in [5.41, 5.74) is 6.99. The van der Waals surface area contributed by atoms with Gasteiger partial charge in [-0.15, -0.1) is 0 Å². The van der Waals surface area contributed by atoms with E-state index in [9.17, 15) is 8.42 Å². The van der Waals surface area contributed by atoms with Crippen LogP contribution in [-0.4, -0.2) is 15.0 Å². The summed E-state index contributed by atoms with van der Waals surface area (Å²) in [6, 6.07) is 7.11. The van der Waals surface area contributed by atoms with Crippen molar-refractivity contribution in [2.75, 3.05) is 12.3 Å². The molecule has 0 aromatic heterocycles. The molecular formula is C15H24N2O2S. The van der Waals surface area contributed by atoms with Crippen LogP contribution in [-0.2, 0) is 15.8 Å². The third-order valence-electron chi connectivity index (χ3n) is 4.13. The molecule has 1 aliphatic carbocycles. The fraction of sp³-hybridized carbons (Fsp3) is 0.600. The maximum Gasteiger partial charge on any atom is 0.215 e. The molecule has 1 fully saturated rings. The van der Waals surface area contributed by atoms with E-state index in [-0.39, 0.29) is 5.75 Å². The Morgan fingerprint density at radius 3 is 2.50 bits per heavy atom. The number of nitrogen functional groups attached to an aromatic ring is 1. The Morgan fingerprint density at radius 1 is 1.20 bits per heavy atom. The third-order valence-corrected chi connectivity index (χ3v) is 5.43. The van der Waals surface area contributed by atoms with Gasteiger partial charge in [0.25, 0.3) is 0 Å². The Balaban J connectivity index is 1.87. The van der Waals surface area contributed by atoms with Crippen molar-refractivity contribution in [3.05, 3.63) is 29.8 Å². The quantitative estimate of drug-likeness (QED) is 0.820. The standard InChI is InChI=1S/C15H24N2O2S/c1-12-6-8-13(9-7-12)10-17-20(18,19)11-14-4-2-3-5-15(14)16/h2-5,12-13,17H,6-11,16H2,1H3. The Hall–Kier alpha value is -1.07. The number of para-hydroxylation sites is 1. The molecule has 2 rings (SSSR count). The van der Waals surface area contributed by atoms with Crippen molar-refractivity contribution in [2.24, 2.45) is 11.8 Å². The minimum absolute atomic E-state index is 0.0389. The van der Waals surface area contributed by atoms with Gasteiger partial charge in [-0.25, -0.2) is 13.1 Å². The van der Waals surface area contributed by atoms with Gasteiger partial charge in [-0.05, 0) is 36.3 Å². The molecule has 0 amide bonds. The smallest absolute Gasteiger partial charge is 0.215 e. The van der Waals surface area contributed by atoms with Gasteiger partial charge in [0.05, 0.1) is 5.75 Å². The van der Waals surface area contributed by atoms with Gasteiger partial charge in [0.2, 0.25) is 10.0 Å². The number of rotatable bonds is 5. The fourth-order valence-corrected chi connectivity index (χ4v) is 3.96. The molecule has 1 saturated carbocycles. The summed E-state index contributed by atoms with van der Waals surface area (Å²) in [7, 11) is -3.30. The highest BCUT2D eigenvalue weighted by Crippen LogP contribution is 2.27. The number of hydrogen-bond acceptors (Lipinski definition) is 3. The molecule has 1 aromatic carbocycles. The van der Waals surface area contributed by atoms with Gasteiger partial charge < -0.3 is 5.73 Å². The molecule has 0 heterocycles. The Bertz CT molecular complexity index is 535. The monoisotopic (exact) mass is 296 g/mol. The van der Waals surface area contributed by atoms with Crippen LogP contribution in [0.15, 0.2) is 24.3 Å². The van der Waals surface area contributed by atoms with Gasteiger partial charge in [-0.2, -0.15) is 0 Å². The first kappa shape index (κ1) is 15.3. The van der Waals surface area contributed by atoms with Crippen molar-refractivity contribution in [1.29, 1.82) is 0 Å². The normalized spacial score (nSPS) is 23.6. The summed E-state index contributed by atoms with van der Waals surface area (Å²) in [4.78, 5) is 0. The van der Waals surface area contributed by atoms with Crippen LogP contribution >= 0.6 is 0 Å². The number of sulfonamides is 1. The van der Waals surface area contributed by atoms with Crippen LogP contribution in [0, 0.1) is 11.8 Å². The van der Waals surface area contributed by atoms with E-state index in [4.69, 9.17) is 5.73 Å². The van der Waals surface area contributed by atoms with E-state index in [0.29, 0.717) is 23.7 Å². The largest absolute Gasteiger partial charge is 0.398 e. The van der Waals surface area contributed by atoms with Crippen molar-refractivity contribution in [1.82, 2.24) is 4.72 Å². The van der Waals surface area contributed by atoms with Gasteiger partial charge in [-0.3, -0.25) is 0 Å². The Morgan fingerprint density at radius 2 is 1.85 bits per heavy atom. The van der Waals surface area contributed by atoms with Crippen molar-refractivity contribution in [3.8, 4) is 0 Å². The predicted octanol–water partition coefficient (Wildman–Crippen LogP) is 2.51. The second kappa shape index (κ2) is 6.59. The van der Waals surface area contributed by atoms with Gasteiger partial charge in [0, 0.05) is 12.2 Å². The zero-order valence-corrected chi connectivity index (χ0v) is 12.8. The molecule has 0 radical (unpaired) electrons. The van der Waals surface area contributed by atoms with E-state index in [1.54, 1.807) is 12.1 Å². The summed E-state index contributed by atoms with van der Waals surface area (Å²) < 4.78 is 26.9. The molecule has 0 bridgehead atoms. The second-order valence-electron chi connectivity index (χ2n) is 5.93. The van der Waals surface area contributed by atoms with Crippen LogP contribution in [0.2, 0.25) is 0 Å². The van der Waals surface area contributed by atoms with Crippen LogP contribution < -0.4 is 10.5 Å². The van der Waals surface area contributed by atoms with E-state index < -0.39 is 10.0 Å². The first-order valence-corrected chi connectivity index (χ1v) is 8.92. The fourth-order valence-electron chi connectivity index (χ4n) is 2.70. The molecule has 4 nitrogen and oxygen atoms in total. The molecule has 0 aliphatic heterocycles. The van der Waals surface area contributed by atoms with Crippen LogP contribution in [0.4, 0.5) is 5.69 Å². The third kappa shape index (κ3) is 4.49. The summed E-state index contributed by atoms with van der Waals surface area (Å²) in [6.45, 7) is 2.82. The number of hydrogen-bond donors (Lipinski definition) is 2. The van der Waals surface area contributed by atoms with Crippen molar-refractivity contribution in [2.45, 2.75) is 38.4 Å². The molecular weight excluding hydrogens is 272 g/mol. The predicted molar refractivity (Wildman–Crippen MR) is 82.6 cm³/mol. The van der Waals surface area contributed by atoms with Gasteiger partial charge in [0.15, 0.2) is 0 Å². The highest BCUT2D eigenvalue weighted by Gasteiger charge is 2.20. The molecule has 112 valence electrons. The Kier molecular flexibility index (Phi) is 5.05. The lowest BCUT2D eigenvalue weighted by Gasteiger charge is -2.26. The number of anilines is 1. The molecule has 5 heteroatoms. The van der Waals surface area contributed by atoms with Gasteiger partial charge in [-0.1, -0.05) is 38.0 Å². The average molecular weight is 296 g/mol. The zero-order valence-electron chi connectivity index (χ0n) is 12.0. The summed E-state index contributed by atoms with van der Waals surface area (Å²) in [5.74, 6) is 1.23. The first-order chi connectivity index (χ1) is 9.46. The van der Waals surface area contributed by atoms with Crippen molar-refractivity contribution < 1.29 is 8.42 Å².